The van der Waals surface area contributed by atoms with Crippen LogP contribution in [-0.4, -0.2) is 37.1 Å². The molecule has 3 rings (SSSR count). The quantitative estimate of drug-likeness (QED) is 0.380. The second-order valence-electron chi connectivity index (χ2n) is 5.99. The van der Waals surface area contributed by atoms with Crippen molar-refractivity contribution in [1.29, 1.82) is 0 Å². The van der Waals surface area contributed by atoms with E-state index in [1.165, 1.54) is 29.2 Å². The standard InChI is InChI=1S/C16H16N2O6/c1-17-6-4-12(5-7-17)23-15(19)13-9-10-8-11(18(21)22)2-3-14(10)24-16(13)20/h2-3,8-9,12H,4-7H2,1H3/p+1. The number of hydrogen-bond acceptors (Lipinski definition) is 6. The number of quaternary nitrogens is 1. The predicted molar refractivity (Wildman–Crippen MR) is 84.2 cm³/mol. The molecule has 0 spiro atoms. The Labute approximate surface area is 136 Å². The lowest BCUT2D eigenvalue weighted by Crippen LogP contribution is -3.10. The van der Waals surface area contributed by atoms with Gasteiger partial charge in [-0.2, -0.15) is 0 Å². The van der Waals surface area contributed by atoms with Gasteiger partial charge in [0.25, 0.3) is 5.69 Å². The van der Waals surface area contributed by atoms with Crippen LogP contribution in [0.15, 0.2) is 33.5 Å². The summed E-state index contributed by atoms with van der Waals surface area (Å²) in [7, 11) is 2.07. The molecule has 0 radical (unpaired) electrons. The number of nitrogens with zero attached hydrogens (tertiary/aromatic N) is 1. The van der Waals surface area contributed by atoms with Crippen molar-refractivity contribution in [3.63, 3.8) is 0 Å². The van der Waals surface area contributed by atoms with E-state index in [1.54, 1.807) is 0 Å². The van der Waals surface area contributed by atoms with Crippen LogP contribution in [-0.2, 0) is 4.74 Å². The Morgan fingerprint density at radius 1 is 1.33 bits per heavy atom. The maximum Gasteiger partial charge on any atom is 0.351 e. The van der Waals surface area contributed by atoms with Crippen molar-refractivity contribution in [2.24, 2.45) is 0 Å². The van der Waals surface area contributed by atoms with Crippen LogP contribution < -0.4 is 10.5 Å². The lowest BCUT2D eigenvalue weighted by Gasteiger charge is -2.26. The van der Waals surface area contributed by atoms with Crippen molar-refractivity contribution < 1.29 is 23.8 Å². The van der Waals surface area contributed by atoms with Crippen LogP contribution in [0.5, 0.6) is 0 Å². The zero-order valence-corrected chi connectivity index (χ0v) is 13.1. The van der Waals surface area contributed by atoms with Gasteiger partial charge in [-0.15, -0.1) is 0 Å². The third-order valence-corrected chi connectivity index (χ3v) is 4.21. The summed E-state index contributed by atoms with van der Waals surface area (Å²) in [6.07, 6.45) is 1.26. The number of carbonyl (C=O) groups excluding carboxylic acids is 1. The minimum Gasteiger partial charge on any atom is -0.458 e. The molecule has 8 nitrogen and oxygen atoms in total. The van der Waals surface area contributed by atoms with E-state index in [0.29, 0.717) is 5.39 Å². The van der Waals surface area contributed by atoms with Crippen LogP contribution in [0.2, 0.25) is 0 Å². The second kappa shape index (κ2) is 6.40. The zero-order chi connectivity index (χ0) is 17.3. The molecule has 0 aliphatic carbocycles. The van der Waals surface area contributed by atoms with Gasteiger partial charge in [-0.1, -0.05) is 0 Å². The number of nitro groups is 1. The molecular weight excluding hydrogens is 316 g/mol. The van der Waals surface area contributed by atoms with Crippen LogP contribution in [0.3, 0.4) is 0 Å². The number of nitrogens with one attached hydrogen (secondary N) is 1. The Kier molecular flexibility index (Phi) is 4.30. The number of nitro benzene ring substituents is 1. The first-order chi connectivity index (χ1) is 11.4. The third kappa shape index (κ3) is 3.28. The highest BCUT2D eigenvalue weighted by atomic mass is 16.6. The second-order valence-corrected chi connectivity index (χ2v) is 5.99. The number of benzene rings is 1. The molecular formula is C16H17N2O6+. The van der Waals surface area contributed by atoms with E-state index in [0.717, 1.165) is 25.9 Å². The van der Waals surface area contributed by atoms with Crippen molar-refractivity contribution in [3.8, 4) is 0 Å². The van der Waals surface area contributed by atoms with Crippen LogP contribution in [0.25, 0.3) is 11.0 Å². The molecule has 1 saturated heterocycles. The first kappa shape index (κ1) is 16.1. The number of likely N-dealkylation sites (tertiary alicyclic amines) is 1. The highest BCUT2D eigenvalue weighted by Gasteiger charge is 2.25. The number of esters is 1. The van der Waals surface area contributed by atoms with Gasteiger partial charge in [-0.3, -0.25) is 10.1 Å². The van der Waals surface area contributed by atoms with E-state index >= 15 is 0 Å². The lowest BCUT2D eigenvalue weighted by atomic mass is 10.1. The molecule has 0 bridgehead atoms. The van der Waals surface area contributed by atoms with Gasteiger partial charge in [0.15, 0.2) is 0 Å². The van der Waals surface area contributed by atoms with Crippen molar-refractivity contribution >= 4 is 22.6 Å². The Morgan fingerprint density at radius 3 is 2.71 bits per heavy atom. The topological polar surface area (TPSA) is 104 Å². The average molecular weight is 333 g/mol. The fourth-order valence-corrected chi connectivity index (χ4v) is 2.78. The summed E-state index contributed by atoms with van der Waals surface area (Å²) < 4.78 is 10.5. The van der Waals surface area contributed by atoms with Crippen LogP contribution >= 0.6 is 0 Å². The average Bonchev–Trinajstić information content (AvgIpc) is 2.55. The van der Waals surface area contributed by atoms with Gasteiger partial charge in [-0.05, 0) is 12.1 Å². The SMILES string of the molecule is C[NH+]1CCC(OC(=O)c2cc3cc([N+](=O)[O-])ccc3oc2=O)CC1. The first-order valence-corrected chi connectivity index (χ1v) is 7.68. The summed E-state index contributed by atoms with van der Waals surface area (Å²) in [4.78, 5) is 35.9. The number of fused-ring (bicyclic) bond motifs is 1. The summed E-state index contributed by atoms with van der Waals surface area (Å²) in [5.74, 6) is -0.748. The molecule has 0 atom stereocenters. The van der Waals surface area contributed by atoms with Gasteiger partial charge in [-0.25, -0.2) is 9.59 Å². The number of rotatable bonds is 3. The summed E-state index contributed by atoms with van der Waals surface area (Å²) in [6.45, 7) is 1.80. The van der Waals surface area contributed by atoms with Gasteiger partial charge in [0.2, 0.25) is 0 Å². The number of piperidine rings is 1. The molecule has 1 aliphatic rings. The Hall–Kier alpha value is -2.74. The van der Waals surface area contributed by atoms with Gasteiger partial charge >= 0.3 is 11.6 Å². The molecule has 0 saturated carbocycles. The summed E-state index contributed by atoms with van der Waals surface area (Å²) in [5.41, 5.74) is -1.01. The molecule has 0 unspecified atom stereocenters. The van der Waals surface area contributed by atoms with Crippen molar-refractivity contribution in [1.82, 2.24) is 0 Å². The molecule has 126 valence electrons. The number of ether oxygens (including phenoxy) is 1. The van der Waals surface area contributed by atoms with Gasteiger partial charge in [0.1, 0.15) is 17.3 Å². The molecule has 1 fully saturated rings. The molecule has 1 aliphatic heterocycles. The van der Waals surface area contributed by atoms with E-state index in [4.69, 9.17) is 9.15 Å². The molecule has 1 aromatic heterocycles. The molecule has 1 N–H and O–H groups in total. The Balaban J connectivity index is 1.87. The van der Waals surface area contributed by atoms with Crippen LogP contribution in [0.4, 0.5) is 5.69 Å². The van der Waals surface area contributed by atoms with Crippen LogP contribution in [0.1, 0.15) is 23.2 Å². The predicted octanol–water partition coefficient (Wildman–Crippen LogP) is 0.535. The molecule has 2 heterocycles. The monoisotopic (exact) mass is 333 g/mol. The van der Waals surface area contributed by atoms with Crippen LogP contribution in [0, 0.1) is 10.1 Å². The van der Waals surface area contributed by atoms with Gasteiger partial charge in [0, 0.05) is 30.4 Å². The van der Waals surface area contributed by atoms with E-state index in [2.05, 4.69) is 7.05 Å². The highest BCUT2D eigenvalue weighted by molar-refractivity contribution is 5.93. The normalized spacial score (nSPS) is 20.7. The van der Waals surface area contributed by atoms with E-state index in [1.807, 2.05) is 0 Å². The minimum atomic E-state index is -0.806. The summed E-state index contributed by atoms with van der Waals surface area (Å²) in [6, 6.07) is 5.12. The molecule has 2 aromatic rings. The van der Waals surface area contributed by atoms with E-state index < -0.39 is 16.5 Å². The molecule has 8 heteroatoms. The Morgan fingerprint density at radius 2 is 2.04 bits per heavy atom. The van der Waals surface area contributed by atoms with E-state index in [-0.39, 0.29) is 22.9 Å². The maximum atomic E-state index is 12.3. The van der Waals surface area contributed by atoms with Gasteiger partial charge in [0.05, 0.1) is 25.1 Å². The first-order valence-electron chi connectivity index (χ1n) is 7.68. The fourth-order valence-electron chi connectivity index (χ4n) is 2.78. The number of carbonyl (C=O) groups is 1. The number of non-ortho nitro benzene ring substituents is 1. The zero-order valence-electron chi connectivity index (χ0n) is 13.1. The summed E-state index contributed by atoms with van der Waals surface area (Å²) in [5, 5.41) is 11.1. The maximum absolute atomic E-state index is 12.3. The van der Waals surface area contributed by atoms with Crippen molar-refractivity contribution in [3.05, 3.63) is 50.4 Å². The highest BCUT2D eigenvalue weighted by Crippen LogP contribution is 2.21. The van der Waals surface area contributed by atoms with Crippen molar-refractivity contribution in [2.45, 2.75) is 18.9 Å². The molecule has 24 heavy (non-hydrogen) atoms. The largest absolute Gasteiger partial charge is 0.458 e. The van der Waals surface area contributed by atoms with Gasteiger partial charge < -0.3 is 14.1 Å². The van der Waals surface area contributed by atoms with Crippen molar-refractivity contribution in [2.75, 3.05) is 20.1 Å². The number of hydrogen-bond donors (Lipinski definition) is 1. The Bertz CT molecular complexity index is 851. The fraction of sp³-hybridized carbons (Fsp3) is 0.375. The van der Waals surface area contributed by atoms with E-state index in [9.17, 15) is 19.7 Å². The lowest BCUT2D eigenvalue weighted by molar-refractivity contribution is -0.885. The molecule has 1 aromatic carbocycles. The minimum absolute atomic E-state index is 0.144. The summed E-state index contributed by atoms with van der Waals surface area (Å²) >= 11 is 0. The molecule has 0 amide bonds. The third-order valence-electron chi connectivity index (χ3n) is 4.21. The smallest absolute Gasteiger partial charge is 0.351 e.